The van der Waals surface area contributed by atoms with Crippen molar-refractivity contribution in [1.82, 2.24) is 10.0 Å². The van der Waals surface area contributed by atoms with Crippen LogP contribution >= 0.6 is 0 Å². The van der Waals surface area contributed by atoms with Crippen molar-refractivity contribution in [3.05, 3.63) is 29.8 Å². The van der Waals surface area contributed by atoms with Crippen LogP contribution in [0.4, 0.5) is 0 Å². The summed E-state index contributed by atoms with van der Waals surface area (Å²) >= 11 is 0. The molecule has 7 nitrogen and oxygen atoms in total. The Balaban J connectivity index is 2.41. The quantitative estimate of drug-likeness (QED) is 0.511. The minimum absolute atomic E-state index is 0.00524. The van der Waals surface area contributed by atoms with Gasteiger partial charge >= 0.3 is 0 Å². The molecule has 0 saturated carbocycles. The monoisotopic (exact) mass is 301 g/mol. The van der Waals surface area contributed by atoms with Crippen molar-refractivity contribution in [1.29, 1.82) is 0 Å². The molecule has 1 atom stereocenters. The number of aromatic hydroxyl groups is 1. The highest BCUT2D eigenvalue weighted by atomic mass is 32.2. The number of rotatable bonds is 7. The summed E-state index contributed by atoms with van der Waals surface area (Å²) in [5.41, 5.74) is 6.54. The van der Waals surface area contributed by atoms with Crippen molar-refractivity contribution in [3.8, 4) is 5.75 Å². The lowest BCUT2D eigenvalue weighted by molar-refractivity contribution is -0.122. The van der Waals surface area contributed by atoms with Crippen molar-refractivity contribution in [2.24, 2.45) is 5.73 Å². The van der Waals surface area contributed by atoms with Crippen molar-refractivity contribution in [3.63, 3.8) is 0 Å². The Bertz CT molecular complexity index is 542. The third-order valence-electron chi connectivity index (χ3n) is 2.71. The number of carbonyl (C=O) groups is 1. The number of phenolic OH excluding ortho intramolecular Hbond substituents is 1. The second-order valence-electron chi connectivity index (χ2n) is 4.29. The molecular weight excluding hydrogens is 282 g/mol. The van der Waals surface area contributed by atoms with Crippen LogP contribution in [0.1, 0.15) is 5.56 Å². The topological polar surface area (TPSA) is 122 Å². The molecule has 1 aromatic rings. The van der Waals surface area contributed by atoms with Gasteiger partial charge in [-0.2, -0.15) is 0 Å². The predicted octanol–water partition coefficient (Wildman–Crippen LogP) is -1.07. The molecule has 0 radical (unpaired) electrons. The van der Waals surface area contributed by atoms with Gasteiger partial charge in [0.25, 0.3) is 0 Å². The average molecular weight is 301 g/mol. The van der Waals surface area contributed by atoms with Crippen molar-refractivity contribution >= 4 is 15.9 Å². The van der Waals surface area contributed by atoms with E-state index in [1.165, 1.54) is 19.2 Å². The molecule has 0 aromatic heterocycles. The fourth-order valence-electron chi connectivity index (χ4n) is 1.52. The van der Waals surface area contributed by atoms with Crippen LogP contribution in [0, 0.1) is 0 Å². The van der Waals surface area contributed by atoms with Crippen molar-refractivity contribution in [2.45, 2.75) is 12.5 Å². The van der Waals surface area contributed by atoms with Crippen molar-refractivity contribution in [2.75, 3.05) is 19.3 Å². The number of nitrogens with one attached hydrogen (secondary N) is 2. The molecule has 1 amide bonds. The van der Waals surface area contributed by atoms with Crippen LogP contribution in [0.25, 0.3) is 0 Å². The smallest absolute Gasteiger partial charge is 0.237 e. The lowest BCUT2D eigenvalue weighted by atomic mass is 10.1. The Morgan fingerprint density at radius 3 is 2.50 bits per heavy atom. The Labute approximate surface area is 118 Å². The van der Waals surface area contributed by atoms with Gasteiger partial charge in [-0.15, -0.1) is 0 Å². The number of phenols is 1. The molecule has 0 aliphatic carbocycles. The third kappa shape index (κ3) is 5.55. The van der Waals surface area contributed by atoms with Crippen LogP contribution in [0.2, 0.25) is 0 Å². The first-order valence-electron chi connectivity index (χ1n) is 6.06. The Morgan fingerprint density at radius 2 is 1.95 bits per heavy atom. The van der Waals surface area contributed by atoms with E-state index in [0.717, 1.165) is 5.56 Å². The van der Waals surface area contributed by atoms with Gasteiger partial charge in [-0.05, 0) is 31.2 Å². The molecule has 0 spiro atoms. The van der Waals surface area contributed by atoms with Gasteiger partial charge in [-0.1, -0.05) is 12.1 Å². The first-order chi connectivity index (χ1) is 9.34. The lowest BCUT2D eigenvalue weighted by Crippen LogP contribution is -2.44. The number of carbonyl (C=O) groups excluding carboxylic acids is 1. The summed E-state index contributed by atoms with van der Waals surface area (Å²) in [7, 11) is -2.02. The van der Waals surface area contributed by atoms with Gasteiger partial charge in [0.2, 0.25) is 15.9 Å². The summed E-state index contributed by atoms with van der Waals surface area (Å²) in [6, 6.07) is 5.61. The van der Waals surface area contributed by atoms with Gasteiger partial charge < -0.3 is 16.2 Å². The van der Waals surface area contributed by atoms with E-state index in [-0.39, 0.29) is 18.0 Å². The third-order valence-corrected chi connectivity index (χ3v) is 4.07. The fourth-order valence-corrected chi connectivity index (χ4v) is 2.10. The van der Waals surface area contributed by atoms with Gasteiger partial charge in [-0.25, -0.2) is 13.1 Å². The van der Waals surface area contributed by atoms with Crippen LogP contribution in [0.5, 0.6) is 5.75 Å². The molecule has 1 aromatic carbocycles. The standard InChI is InChI=1S/C12H19N3O4S/c1-14-20(18,19)7-6-15-12(17)11(13)8-9-2-4-10(16)5-3-9/h2-5,11,14,16H,6-8,13H2,1H3,(H,15,17). The van der Waals surface area contributed by atoms with Crippen LogP contribution in [-0.4, -0.2) is 44.8 Å². The zero-order valence-electron chi connectivity index (χ0n) is 11.2. The molecule has 0 saturated heterocycles. The van der Waals surface area contributed by atoms with Gasteiger partial charge in [0, 0.05) is 6.54 Å². The van der Waals surface area contributed by atoms with E-state index >= 15 is 0 Å². The summed E-state index contributed by atoms with van der Waals surface area (Å²) in [4.78, 5) is 11.7. The number of sulfonamides is 1. The maximum atomic E-state index is 11.7. The minimum Gasteiger partial charge on any atom is -0.508 e. The molecule has 112 valence electrons. The van der Waals surface area contributed by atoms with Crippen LogP contribution in [0.3, 0.4) is 0 Å². The summed E-state index contributed by atoms with van der Waals surface area (Å²) in [6.45, 7) is 0.00524. The number of nitrogens with two attached hydrogens (primary N) is 1. The molecule has 0 fully saturated rings. The fraction of sp³-hybridized carbons (Fsp3) is 0.417. The number of benzene rings is 1. The number of hydrogen-bond donors (Lipinski definition) is 4. The molecule has 0 aliphatic heterocycles. The molecule has 0 heterocycles. The second-order valence-corrected chi connectivity index (χ2v) is 6.34. The SMILES string of the molecule is CNS(=O)(=O)CCNC(=O)C(N)Cc1ccc(O)cc1. The summed E-state index contributed by atoms with van der Waals surface area (Å²) in [6.07, 6.45) is 0.310. The van der Waals surface area contributed by atoms with E-state index in [1.54, 1.807) is 12.1 Å². The van der Waals surface area contributed by atoms with E-state index in [2.05, 4.69) is 10.0 Å². The Kier molecular flexibility index (Phi) is 5.93. The molecule has 5 N–H and O–H groups in total. The molecule has 1 unspecified atom stereocenters. The molecule has 8 heteroatoms. The summed E-state index contributed by atoms with van der Waals surface area (Å²) in [5.74, 6) is -0.463. The molecular formula is C12H19N3O4S. The zero-order chi connectivity index (χ0) is 15.2. The van der Waals surface area contributed by atoms with Crippen LogP contribution in [-0.2, 0) is 21.2 Å². The van der Waals surface area contributed by atoms with E-state index in [0.29, 0.717) is 6.42 Å². The van der Waals surface area contributed by atoms with Gasteiger partial charge in [0.15, 0.2) is 0 Å². The van der Waals surface area contributed by atoms with Crippen LogP contribution < -0.4 is 15.8 Å². The second kappa shape index (κ2) is 7.22. The van der Waals surface area contributed by atoms with Crippen LogP contribution in [0.15, 0.2) is 24.3 Å². The van der Waals surface area contributed by atoms with E-state index in [4.69, 9.17) is 10.8 Å². The number of hydrogen-bond acceptors (Lipinski definition) is 5. The highest BCUT2D eigenvalue weighted by Gasteiger charge is 2.15. The van der Waals surface area contributed by atoms with Gasteiger partial charge in [0.05, 0.1) is 11.8 Å². The highest BCUT2D eigenvalue weighted by molar-refractivity contribution is 7.89. The molecule has 0 bridgehead atoms. The largest absolute Gasteiger partial charge is 0.508 e. The van der Waals surface area contributed by atoms with E-state index < -0.39 is 22.0 Å². The van der Waals surface area contributed by atoms with Gasteiger partial charge in [0.1, 0.15) is 5.75 Å². The average Bonchev–Trinajstić information content (AvgIpc) is 2.41. The molecule has 0 aliphatic rings. The predicted molar refractivity (Wildman–Crippen MR) is 75.6 cm³/mol. The Hall–Kier alpha value is -1.64. The maximum Gasteiger partial charge on any atom is 0.237 e. The summed E-state index contributed by atoms with van der Waals surface area (Å²) in [5, 5.41) is 11.6. The number of amides is 1. The zero-order valence-corrected chi connectivity index (χ0v) is 12.0. The highest BCUT2D eigenvalue weighted by Crippen LogP contribution is 2.10. The lowest BCUT2D eigenvalue weighted by Gasteiger charge is -2.12. The van der Waals surface area contributed by atoms with Gasteiger partial charge in [-0.3, -0.25) is 4.79 Å². The molecule has 1 rings (SSSR count). The summed E-state index contributed by atoms with van der Waals surface area (Å²) < 4.78 is 24.5. The maximum absolute atomic E-state index is 11.7. The normalized spacial score (nSPS) is 12.9. The Morgan fingerprint density at radius 1 is 1.35 bits per heavy atom. The molecule has 20 heavy (non-hydrogen) atoms. The first kappa shape index (κ1) is 16.4. The van der Waals surface area contributed by atoms with E-state index in [1.807, 2.05) is 0 Å². The van der Waals surface area contributed by atoms with Crippen molar-refractivity contribution < 1.29 is 18.3 Å². The first-order valence-corrected chi connectivity index (χ1v) is 7.71. The minimum atomic E-state index is -3.34. The van der Waals surface area contributed by atoms with E-state index in [9.17, 15) is 13.2 Å².